The molecule has 3 amide bonds. The molecule has 51 heavy (non-hydrogen) atoms. The van der Waals surface area contributed by atoms with E-state index < -0.39 is 21.3 Å². The fraction of sp³-hybridized carbons (Fsp3) is 0.474. The second-order valence-electron chi connectivity index (χ2n) is 14.2. The monoisotopic (exact) mass is 717 g/mol. The number of nitrogens with one attached hydrogen (secondary N) is 2. The number of allylic oxidation sites excluding steroid dienone is 2. The fourth-order valence-corrected chi connectivity index (χ4v) is 8.33. The highest BCUT2D eigenvalue weighted by atomic mass is 32.2. The summed E-state index contributed by atoms with van der Waals surface area (Å²) in [4.78, 5) is 48.3. The van der Waals surface area contributed by atoms with Gasteiger partial charge in [-0.15, -0.1) is 9.82 Å². The summed E-state index contributed by atoms with van der Waals surface area (Å²) < 4.78 is 9.90. The molecule has 0 radical (unpaired) electrons. The Kier molecular flexibility index (Phi) is 12.6. The summed E-state index contributed by atoms with van der Waals surface area (Å²) in [5, 5.41) is 16.5. The van der Waals surface area contributed by atoms with Crippen LogP contribution < -0.4 is 16.4 Å². The lowest BCUT2D eigenvalue weighted by atomic mass is 9.86. The van der Waals surface area contributed by atoms with Crippen molar-refractivity contribution in [1.82, 2.24) is 25.4 Å². The normalized spacial score (nSPS) is 22.6. The number of morpholine rings is 1. The Balaban J connectivity index is 1.21. The molecule has 1 aromatic heterocycles. The average molecular weight is 718 g/mol. The SMILES string of the molecule is CC1C=C(NC(=O)C2=CC(C)(N)CN2C)CC(C#Cc2cncc(C(=O)N=[SH](C)(CO)c3cccc(CC(=O)NCCN4CCOCC4)c3)c2)C1. The maximum absolute atomic E-state index is 13.4. The number of aromatic nitrogens is 1. The van der Waals surface area contributed by atoms with Crippen LogP contribution in [0.5, 0.6) is 0 Å². The number of carbonyl (C=O) groups is 3. The van der Waals surface area contributed by atoms with E-state index in [4.69, 9.17) is 10.5 Å². The third-order valence-electron chi connectivity index (χ3n) is 9.25. The number of hydrogen-bond donors (Lipinski definition) is 5. The van der Waals surface area contributed by atoms with Crippen molar-refractivity contribution in [2.75, 3.05) is 65.2 Å². The van der Waals surface area contributed by atoms with Crippen LogP contribution in [0.15, 0.2) is 75.5 Å². The Morgan fingerprint density at radius 2 is 2.00 bits per heavy atom. The number of pyridine rings is 1. The minimum atomic E-state index is -2.67. The molecule has 5 N–H and O–H groups in total. The second-order valence-corrected chi connectivity index (χ2v) is 17.5. The van der Waals surface area contributed by atoms with E-state index in [1.165, 1.54) is 6.20 Å². The van der Waals surface area contributed by atoms with E-state index in [9.17, 15) is 19.5 Å². The summed E-state index contributed by atoms with van der Waals surface area (Å²) in [6, 6.07) is 9.06. The van der Waals surface area contributed by atoms with E-state index in [0.29, 0.717) is 44.0 Å². The molecule has 0 spiro atoms. The third-order valence-corrected chi connectivity index (χ3v) is 11.8. The zero-order valence-electron chi connectivity index (χ0n) is 30.0. The van der Waals surface area contributed by atoms with Gasteiger partial charge < -0.3 is 31.1 Å². The number of amides is 3. The molecule has 3 aliphatic rings. The van der Waals surface area contributed by atoms with Gasteiger partial charge in [0.1, 0.15) is 5.70 Å². The number of aliphatic hydroxyl groups is 1. The number of nitrogens with zero attached hydrogens (tertiary/aromatic N) is 4. The van der Waals surface area contributed by atoms with Crippen LogP contribution in [0, 0.1) is 23.7 Å². The summed E-state index contributed by atoms with van der Waals surface area (Å²) in [5.74, 6) is 5.67. The smallest absolute Gasteiger partial charge is 0.283 e. The highest BCUT2D eigenvalue weighted by Crippen LogP contribution is 2.28. The maximum atomic E-state index is 13.4. The molecule has 12 nitrogen and oxygen atoms in total. The zero-order valence-corrected chi connectivity index (χ0v) is 30.9. The zero-order chi connectivity index (χ0) is 36.6. The van der Waals surface area contributed by atoms with Gasteiger partial charge in [-0.25, -0.2) is 4.36 Å². The predicted molar refractivity (Wildman–Crippen MR) is 200 cm³/mol. The van der Waals surface area contributed by atoms with Crippen molar-refractivity contribution in [1.29, 1.82) is 0 Å². The molecular formula is C38H51N7O5S. The van der Waals surface area contributed by atoms with Crippen LogP contribution in [0.1, 0.15) is 48.2 Å². The van der Waals surface area contributed by atoms with E-state index in [1.54, 1.807) is 24.6 Å². The molecule has 1 fully saturated rings. The van der Waals surface area contributed by atoms with Crippen molar-refractivity contribution in [3.8, 4) is 11.8 Å². The van der Waals surface area contributed by atoms with E-state index in [-0.39, 0.29) is 41.6 Å². The lowest BCUT2D eigenvalue weighted by molar-refractivity contribution is -0.120. The lowest BCUT2D eigenvalue weighted by Crippen LogP contribution is -2.41. The van der Waals surface area contributed by atoms with Crippen molar-refractivity contribution in [2.24, 2.45) is 21.9 Å². The molecule has 3 unspecified atom stereocenters. The number of ether oxygens (including phenoxy) is 1. The van der Waals surface area contributed by atoms with Crippen molar-refractivity contribution in [3.63, 3.8) is 0 Å². The van der Waals surface area contributed by atoms with Crippen molar-refractivity contribution in [2.45, 2.75) is 43.5 Å². The molecular weight excluding hydrogens is 667 g/mol. The van der Waals surface area contributed by atoms with Crippen LogP contribution in [0.25, 0.3) is 0 Å². The van der Waals surface area contributed by atoms with Gasteiger partial charge in [-0.1, -0.05) is 37.0 Å². The number of likely N-dealkylation sites (N-methyl/N-ethyl adjacent to an activating group) is 1. The van der Waals surface area contributed by atoms with Gasteiger partial charge in [0.25, 0.3) is 11.8 Å². The summed E-state index contributed by atoms with van der Waals surface area (Å²) >= 11 is 0. The van der Waals surface area contributed by atoms with Gasteiger partial charge in [0.2, 0.25) is 5.91 Å². The van der Waals surface area contributed by atoms with E-state index in [1.807, 2.05) is 43.1 Å². The minimum Gasteiger partial charge on any atom is -0.386 e. The summed E-state index contributed by atoms with van der Waals surface area (Å²) in [6.07, 6.45) is 10.4. The standard InChI is InChI=1S/C38H51N7O5S/c1-27-16-29(19-32(17-27)42-37(49)34-22-38(2,39)25-44(34)3)8-9-30-18-31(24-40-23-30)36(48)43-51(4,26-46)33-7-5-6-28(20-33)21-35(47)41-10-11-45-12-14-50-15-13-45/h5-7,17-18,20,22-24,27,29,46,51H,10-16,19,21,25-26,39H2,1-4H3,(H,41,47)(H,42,49). The molecule has 2 aliphatic heterocycles. The number of thiol groups is 1. The van der Waals surface area contributed by atoms with Gasteiger partial charge in [0.05, 0.1) is 36.7 Å². The fourth-order valence-electron chi connectivity index (χ4n) is 6.62. The van der Waals surface area contributed by atoms with Gasteiger partial charge in [0, 0.05) is 80.7 Å². The van der Waals surface area contributed by atoms with Gasteiger partial charge in [-0.3, -0.25) is 24.3 Å². The summed E-state index contributed by atoms with van der Waals surface area (Å²) in [5.41, 5.74) is 8.71. The minimum absolute atomic E-state index is 0.00198. The van der Waals surface area contributed by atoms with Crippen molar-refractivity contribution < 1.29 is 24.2 Å². The first-order valence-corrected chi connectivity index (χ1v) is 19.8. The number of benzene rings is 1. The number of nitrogens with two attached hydrogens (primary N) is 1. The molecule has 0 bridgehead atoms. The quantitative estimate of drug-likeness (QED) is 0.183. The number of carbonyl (C=O) groups excluding carboxylic acids is 3. The maximum Gasteiger partial charge on any atom is 0.283 e. The topological polar surface area (TPSA) is 162 Å². The van der Waals surface area contributed by atoms with Crippen LogP contribution in [0.3, 0.4) is 0 Å². The van der Waals surface area contributed by atoms with E-state index in [0.717, 1.165) is 42.2 Å². The molecule has 13 heteroatoms. The Labute approximate surface area is 302 Å². The number of rotatable bonds is 10. The van der Waals surface area contributed by atoms with E-state index >= 15 is 0 Å². The molecule has 274 valence electrons. The molecule has 1 aliphatic carbocycles. The van der Waals surface area contributed by atoms with Crippen LogP contribution in [-0.2, 0) is 30.6 Å². The van der Waals surface area contributed by atoms with Gasteiger partial charge in [-0.2, -0.15) is 0 Å². The number of aliphatic hydroxyl groups excluding tert-OH is 1. The van der Waals surface area contributed by atoms with Crippen LogP contribution in [-0.4, -0.2) is 108 Å². The highest BCUT2D eigenvalue weighted by Gasteiger charge is 2.32. The van der Waals surface area contributed by atoms with Crippen molar-refractivity contribution in [3.05, 3.63) is 83.0 Å². The average Bonchev–Trinajstić information content (AvgIpc) is 3.39. The second kappa shape index (κ2) is 16.9. The Morgan fingerprint density at radius 1 is 1.22 bits per heavy atom. The van der Waals surface area contributed by atoms with Gasteiger partial charge >= 0.3 is 0 Å². The molecule has 1 saturated heterocycles. The molecule has 1 aromatic carbocycles. The molecule has 3 atom stereocenters. The first kappa shape index (κ1) is 38.1. The summed E-state index contributed by atoms with van der Waals surface area (Å²) in [7, 11) is -0.810. The molecule has 0 saturated carbocycles. The predicted octanol–water partition coefficient (Wildman–Crippen LogP) is 1.87. The van der Waals surface area contributed by atoms with Crippen LogP contribution in [0.2, 0.25) is 0 Å². The van der Waals surface area contributed by atoms with Gasteiger partial charge in [0.15, 0.2) is 0 Å². The first-order valence-electron chi connectivity index (χ1n) is 17.4. The highest BCUT2D eigenvalue weighted by molar-refractivity contribution is 8.04. The van der Waals surface area contributed by atoms with Crippen LogP contribution >= 0.6 is 0 Å². The summed E-state index contributed by atoms with van der Waals surface area (Å²) in [6.45, 7) is 9.06. The molecule has 3 heterocycles. The van der Waals surface area contributed by atoms with E-state index in [2.05, 4.69) is 49.7 Å². The molecule has 5 rings (SSSR count). The molecule has 2 aromatic rings. The first-order chi connectivity index (χ1) is 24.3. The number of hydrogen-bond acceptors (Lipinski definition) is 9. The lowest BCUT2D eigenvalue weighted by Gasteiger charge is -2.26. The Hall–Kier alpha value is -4.19. The van der Waals surface area contributed by atoms with Crippen molar-refractivity contribution >= 4 is 27.5 Å². The Bertz CT molecular complexity index is 1800. The van der Waals surface area contributed by atoms with Gasteiger partial charge in [-0.05, 0) is 55.4 Å². The van der Waals surface area contributed by atoms with Crippen LogP contribution in [0.4, 0.5) is 0 Å². The Morgan fingerprint density at radius 3 is 2.73 bits per heavy atom. The largest absolute Gasteiger partial charge is 0.386 e. The third kappa shape index (κ3) is 10.7.